The molecular formula is C30H25F2N7O. The van der Waals surface area contributed by atoms with Gasteiger partial charge in [0.05, 0.1) is 28.6 Å². The maximum Gasteiger partial charge on any atom is 0.224 e. The van der Waals surface area contributed by atoms with Crippen molar-refractivity contribution < 1.29 is 13.6 Å². The molecule has 0 bridgehead atoms. The summed E-state index contributed by atoms with van der Waals surface area (Å²) in [4.78, 5) is 29.1. The summed E-state index contributed by atoms with van der Waals surface area (Å²) in [6, 6.07) is 12.6. The molecule has 1 amide bonds. The Labute approximate surface area is 227 Å². The number of amides is 1. The summed E-state index contributed by atoms with van der Waals surface area (Å²) < 4.78 is 28.7. The van der Waals surface area contributed by atoms with Crippen molar-refractivity contribution in [2.24, 2.45) is 5.41 Å². The molecule has 0 atom stereocenters. The van der Waals surface area contributed by atoms with Crippen molar-refractivity contribution in [2.75, 3.05) is 5.32 Å². The molecule has 40 heavy (non-hydrogen) atoms. The quantitative estimate of drug-likeness (QED) is 0.222. The van der Waals surface area contributed by atoms with Crippen molar-refractivity contribution in [3.05, 3.63) is 78.8 Å². The molecule has 0 aliphatic heterocycles. The molecule has 4 heterocycles. The average Bonchev–Trinajstić information content (AvgIpc) is 3.51. The van der Waals surface area contributed by atoms with E-state index in [-0.39, 0.29) is 17.1 Å². The molecule has 200 valence electrons. The Morgan fingerprint density at radius 2 is 1.75 bits per heavy atom. The van der Waals surface area contributed by atoms with E-state index in [1.54, 1.807) is 42.7 Å². The number of H-pyrrole nitrogens is 2. The summed E-state index contributed by atoms with van der Waals surface area (Å²) in [5, 5.41) is 10.8. The van der Waals surface area contributed by atoms with E-state index in [1.807, 2.05) is 20.8 Å². The normalized spacial score (nSPS) is 11.8. The zero-order valence-electron chi connectivity index (χ0n) is 22.0. The third-order valence-electron chi connectivity index (χ3n) is 6.42. The first-order chi connectivity index (χ1) is 19.1. The number of rotatable bonds is 5. The number of aromatic amines is 2. The Balaban J connectivity index is 1.39. The number of nitrogens with zero attached hydrogens (tertiary/aromatic N) is 4. The van der Waals surface area contributed by atoms with Gasteiger partial charge in [0, 0.05) is 47.0 Å². The first kappa shape index (κ1) is 25.3. The summed E-state index contributed by atoms with van der Waals surface area (Å²) in [7, 11) is 0. The van der Waals surface area contributed by atoms with Gasteiger partial charge in [0.15, 0.2) is 5.82 Å². The van der Waals surface area contributed by atoms with Crippen LogP contribution in [-0.2, 0) is 4.79 Å². The number of imidazole rings is 1. The lowest BCUT2D eigenvalue weighted by atomic mass is 9.92. The molecule has 4 aromatic heterocycles. The van der Waals surface area contributed by atoms with Crippen molar-refractivity contribution in [3.8, 4) is 33.9 Å². The van der Waals surface area contributed by atoms with E-state index in [1.165, 1.54) is 24.4 Å². The van der Waals surface area contributed by atoms with Gasteiger partial charge in [-0.25, -0.2) is 13.8 Å². The summed E-state index contributed by atoms with van der Waals surface area (Å²) >= 11 is 0. The molecule has 0 saturated carbocycles. The number of fused-ring (bicyclic) bond motifs is 2. The van der Waals surface area contributed by atoms with Crippen molar-refractivity contribution in [2.45, 2.75) is 27.2 Å². The highest BCUT2D eigenvalue weighted by Crippen LogP contribution is 2.34. The number of halogens is 2. The van der Waals surface area contributed by atoms with Crippen LogP contribution in [0.2, 0.25) is 0 Å². The predicted molar refractivity (Wildman–Crippen MR) is 150 cm³/mol. The van der Waals surface area contributed by atoms with E-state index in [0.29, 0.717) is 56.9 Å². The van der Waals surface area contributed by atoms with Crippen LogP contribution >= 0.6 is 0 Å². The number of anilines is 1. The second kappa shape index (κ2) is 9.64. The summed E-state index contributed by atoms with van der Waals surface area (Å²) in [5.41, 5.74) is 4.78. The molecule has 10 heteroatoms. The predicted octanol–water partition coefficient (Wildman–Crippen LogP) is 6.88. The number of hydrogen-bond donors (Lipinski definition) is 3. The van der Waals surface area contributed by atoms with E-state index in [2.05, 4.69) is 30.5 Å². The topological polar surface area (TPSA) is 112 Å². The fourth-order valence-corrected chi connectivity index (χ4v) is 4.65. The largest absolute Gasteiger partial charge is 0.336 e. The van der Waals surface area contributed by atoms with Crippen LogP contribution in [0.1, 0.15) is 27.2 Å². The van der Waals surface area contributed by atoms with Crippen molar-refractivity contribution >= 4 is 33.5 Å². The fraction of sp³-hybridized carbons (Fsp3) is 0.167. The molecule has 0 unspecified atom stereocenters. The molecule has 0 spiro atoms. The number of pyridine rings is 2. The molecular weight excluding hydrogens is 512 g/mol. The summed E-state index contributed by atoms with van der Waals surface area (Å²) in [6.07, 6.45) is 5.07. The number of nitrogens with one attached hydrogen (secondary N) is 3. The van der Waals surface area contributed by atoms with Gasteiger partial charge < -0.3 is 10.3 Å². The van der Waals surface area contributed by atoms with Crippen molar-refractivity contribution in [1.82, 2.24) is 30.1 Å². The van der Waals surface area contributed by atoms with E-state index in [4.69, 9.17) is 4.98 Å². The molecule has 8 nitrogen and oxygen atoms in total. The molecule has 3 N–H and O–H groups in total. The van der Waals surface area contributed by atoms with Gasteiger partial charge in [0.1, 0.15) is 22.8 Å². The van der Waals surface area contributed by atoms with Crippen LogP contribution < -0.4 is 5.32 Å². The number of benzene rings is 2. The van der Waals surface area contributed by atoms with Crippen LogP contribution in [0.25, 0.3) is 55.8 Å². The van der Waals surface area contributed by atoms with E-state index in [9.17, 15) is 9.18 Å². The molecule has 2 aromatic carbocycles. The highest BCUT2D eigenvalue weighted by atomic mass is 19.1. The van der Waals surface area contributed by atoms with Gasteiger partial charge in [-0.15, -0.1) is 0 Å². The Morgan fingerprint density at radius 3 is 2.52 bits per heavy atom. The Kier molecular flexibility index (Phi) is 6.10. The van der Waals surface area contributed by atoms with Gasteiger partial charge in [-0.3, -0.25) is 19.9 Å². The Morgan fingerprint density at radius 1 is 0.950 bits per heavy atom. The number of aromatic nitrogens is 6. The second-order valence-corrected chi connectivity index (χ2v) is 10.8. The fourth-order valence-electron chi connectivity index (χ4n) is 4.65. The number of carbonyl (C=O) groups is 1. The standard InChI is InChI=1S/C30H25F2N7O/c1-30(2,3)13-25(40)35-19-10-17(14-33-15-19)20-11-21-24(12-22(20)32)38-39-27(21)29-36-23-8-9-34-26(28(23)37-29)16-4-6-18(31)7-5-16/h4-12,14-15H,13H2,1-3H3,(H,35,40)(H,36,37)(H,38,39). The lowest BCUT2D eigenvalue weighted by Crippen LogP contribution is -2.19. The minimum atomic E-state index is -0.463. The minimum Gasteiger partial charge on any atom is -0.336 e. The van der Waals surface area contributed by atoms with Crippen LogP contribution in [-0.4, -0.2) is 36.0 Å². The van der Waals surface area contributed by atoms with Crippen molar-refractivity contribution in [3.63, 3.8) is 0 Å². The monoisotopic (exact) mass is 537 g/mol. The Bertz CT molecular complexity index is 1880. The third-order valence-corrected chi connectivity index (χ3v) is 6.42. The van der Waals surface area contributed by atoms with Gasteiger partial charge in [-0.2, -0.15) is 5.10 Å². The lowest BCUT2D eigenvalue weighted by molar-refractivity contribution is -0.117. The molecule has 0 saturated heterocycles. The third kappa shape index (κ3) is 4.91. The molecule has 6 aromatic rings. The molecule has 0 fully saturated rings. The first-order valence-corrected chi connectivity index (χ1v) is 12.7. The molecule has 0 aliphatic carbocycles. The first-order valence-electron chi connectivity index (χ1n) is 12.7. The van der Waals surface area contributed by atoms with Crippen molar-refractivity contribution in [1.29, 1.82) is 0 Å². The van der Waals surface area contributed by atoms with E-state index >= 15 is 4.39 Å². The average molecular weight is 538 g/mol. The number of hydrogen-bond acceptors (Lipinski definition) is 5. The van der Waals surface area contributed by atoms with E-state index in [0.717, 1.165) is 11.1 Å². The van der Waals surface area contributed by atoms with Gasteiger partial charge >= 0.3 is 0 Å². The van der Waals surface area contributed by atoms with Gasteiger partial charge in [0.2, 0.25) is 5.91 Å². The smallest absolute Gasteiger partial charge is 0.224 e. The van der Waals surface area contributed by atoms with Crippen LogP contribution in [0.15, 0.2) is 67.1 Å². The summed E-state index contributed by atoms with van der Waals surface area (Å²) in [5.74, 6) is -0.469. The van der Waals surface area contributed by atoms with Crippen LogP contribution in [0, 0.1) is 17.0 Å². The Hall–Kier alpha value is -4.99. The maximum absolute atomic E-state index is 15.2. The highest BCUT2D eigenvalue weighted by Gasteiger charge is 2.19. The lowest BCUT2D eigenvalue weighted by Gasteiger charge is -2.17. The van der Waals surface area contributed by atoms with E-state index < -0.39 is 5.82 Å². The summed E-state index contributed by atoms with van der Waals surface area (Å²) in [6.45, 7) is 5.95. The van der Waals surface area contributed by atoms with Gasteiger partial charge in [-0.1, -0.05) is 20.8 Å². The molecule has 6 rings (SSSR count). The van der Waals surface area contributed by atoms with Crippen LogP contribution in [0.4, 0.5) is 14.5 Å². The molecule has 0 radical (unpaired) electrons. The van der Waals surface area contributed by atoms with Gasteiger partial charge in [0.25, 0.3) is 0 Å². The zero-order valence-corrected chi connectivity index (χ0v) is 22.0. The van der Waals surface area contributed by atoms with Crippen LogP contribution in [0.5, 0.6) is 0 Å². The maximum atomic E-state index is 15.2. The SMILES string of the molecule is CC(C)(C)CC(=O)Nc1cncc(-c2cc3c(-c4nc5c(-c6ccc(F)cc6)nccc5[nH]4)n[nH]c3cc2F)c1. The minimum absolute atomic E-state index is 0.140. The number of carbonyl (C=O) groups excluding carboxylic acids is 1. The zero-order chi connectivity index (χ0) is 28.0. The van der Waals surface area contributed by atoms with Gasteiger partial charge in [-0.05, 0) is 47.9 Å². The molecule has 0 aliphatic rings. The van der Waals surface area contributed by atoms with Crippen LogP contribution in [0.3, 0.4) is 0 Å². The second-order valence-electron chi connectivity index (χ2n) is 10.8. The highest BCUT2D eigenvalue weighted by molar-refractivity contribution is 5.98.